The molecule has 7 nitrogen and oxygen atoms in total. The van der Waals surface area contributed by atoms with Crippen LogP contribution in [-0.4, -0.2) is 58.8 Å². The summed E-state index contributed by atoms with van der Waals surface area (Å²) in [6, 6.07) is 0. The maximum atomic E-state index is 12.0. The minimum absolute atomic E-state index is 0. The Morgan fingerprint density at radius 2 is 2.09 bits per heavy atom. The van der Waals surface area contributed by atoms with Gasteiger partial charge in [0.1, 0.15) is 1.37 Å². The van der Waals surface area contributed by atoms with Crippen molar-refractivity contribution < 1.29 is 43.7 Å². The summed E-state index contributed by atoms with van der Waals surface area (Å²) in [6.45, 7) is 6.16. The van der Waals surface area contributed by atoms with Crippen molar-refractivity contribution in [3.63, 3.8) is 0 Å². The molecule has 1 radical (unpaired) electrons. The summed E-state index contributed by atoms with van der Waals surface area (Å²) in [7, 11) is 0. The van der Waals surface area contributed by atoms with Gasteiger partial charge in [-0.3, -0.25) is 4.79 Å². The van der Waals surface area contributed by atoms with Crippen molar-refractivity contribution in [2.24, 2.45) is 5.41 Å². The zero-order valence-electron chi connectivity index (χ0n) is 13.5. The second-order valence-electron chi connectivity index (χ2n) is 5.07. The largest absolute Gasteiger partial charge is 0.481 e. The molecular formula is C13H19N3O4SY-2. The van der Waals surface area contributed by atoms with E-state index in [1.54, 1.807) is 11.1 Å². The molecule has 0 aromatic rings. The van der Waals surface area contributed by atoms with E-state index in [9.17, 15) is 9.59 Å². The number of likely N-dealkylation sites (tertiary alicyclic amines) is 1. The van der Waals surface area contributed by atoms with Crippen molar-refractivity contribution in [2.45, 2.75) is 12.8 Å². The standard InChI is InChI=1S/C13H19N3O2S.O2.Y/c1-13(3-5-14(11-17)6-4-13)10-15-7-8-16(19-2)9-12(15)18;1-2;/h8,11H,1,3-6,9-10H2,2H3;;/q-2;;/i11T;;. The molecule has 0 unspecified atom stereocenters. The predicted molar refractivity (Wildman–Crippen MR) is 81.1 cm³/mol. The SMILES string of the molecule is O=O.[3H]C(=O)N1CCC([CH2-])(CN2[C-]=CN(SC)CC2=O)CC1.[Y]. The number of hydrogen-bond donors (Lipinski definition) is 0. The summed E-state index contributed by atoms with van der Waals surface area (Å²) >= 11 is 1.49. The average Bonchev–Trinajstić information content (AvgIpc) is 2.51. The molecular weight excluding hydrogens is 383 g/mol. The van der Waals surface area contributed by atoms with Crippen LogP contribution in [0.5, 0.6) is 0 Å². The first-order valence-corrected chi connectivity index (χ1v) is 7.60. The van der Waals surface area contributed by atoms with Gasteiger partial charge in [0.25, 0.3) is 0 Å². The van der Waals surface area contributed by atoms with Crippen molar-refractivity contribution >= 4 is 24.2 Å². The molecule has 0 spiro atoms. The third-order valence-corrected chi connectivity index (χ3v) is 4.33. The Labute approximate surface area is 161 Å². The number of rotatable bonds is 3. The van der Waals surface area contributed by atoms with Crippen LogP contribution in [0.2, 0.25) is 0 Å². The topological polar surface area (TPSA) is 78.0 Å². The molecule has 1 fully saturated rings. The van der Waals surface area contributed by atoms with Gasteiger partial charge in [0.2, 0.25) is 6.39 Å². The van der Waals surface area contributed by atoms with Crippen LogP contribution in [-0.2, 0) is 42.3 Å². The predicted octanol–water partition coefficient (Wildman–Crippen LogP) is 0.820. The molecule has 2 amide bonds. The molecule has 2 aliphatic heterocycles. The van der Waals surface area contributed by atoms with E-state index in [-0.39, 0.29) is 44.0 Å². The Balaban J connectivity index is 0.00000155. The van der Waals surface area contributed by atoms with E-state index in [1.165, 1.54) is 16.8 Å². The Morgan fingerprint density at radius 3 is 2.55 bits per heavy atom. The van der Waals surface area contributed by atoms with Gasteiger partial charge in [-0.15, -0.1) is 5.41 Å². The Bertz CT molecular complexity index is 447. The Morgan fingerprint density at radius 1 is 1.50 bits per heavy atom. The average molecular weight is 404 g/mol. The number of carbonyl (C=O) groups excluding carboxylic acids is 2. The number of piperidine rings is 1. The van der Waals surface area contributed by atoms with Crippen LogP contribution < -0.4 is 0 Å². The van der Waals surface area contributed by atoms with E-state index in [0.717, 1.165) is 0 Å². The summed E-state index contributed by atoms with van der Waals surface area (Å²) < 4.78 is 8.94. The molecule has 2 heterocycles. The van der Waals surface area contributed by atoms with Crippen molar-refractivity contribution in [1.29, 1.82) is 0 Å². The van der Waals surface area contributed by atoms with Gasteiger partial charge in [0, 0.05) is 68.5 Å². The second-order valence-corrected chi connectivity index (χ2v) is 5.91. The normalized spacial score (nSPS) is 20.5. The summed E-state index contributed by atoms with van der Waals surface area (Å²) in [5, 5.41) is 0. The minimum atomic E-state index is -0.636. The number of amides is 2. The summed E-state index contributed by atoms with van der Waals surface area (Å²) in [5.74, 6) is 0.0175. The number of carbonyl (C=O) groups is 2. The fourth-order valence-electron chi connectivity index (χ4n) is 2.29. The van der Waals surface area contributed by atoms with Crippen LogP contribution in [0.1, 0.15) is 14.2 Å². The molecule has 0 aromatic heterocycles. The Hall–Kier alpha value is -0.466. The first-order chi connectivity index (χ1) is 10.4. The van der Waals surface area contributed by atoms with Crippen LogP contribution in [0.25, 0.3) is 0 Å². The fourth-order valence-corrected chi connectivity index (χ4v) is 2.68. The van der Waals surface area contributed by atoms with Gasteiger partial charge in [0.05, 0.1) is 5.91 Å². The molecule has 1 saturated heterocycles. The molecule has 0 saturated carbocycles. The van der Waals surface area contributed by atoms with E-state index in [1.807, 2.05) is 10.6 Å². The number of nitrogens with zero attached hydrogens (tertiary/aromatic N) is 3. The van der Waals surface area contributed by atoms with Crippen LogP contribution in [0.15, 0.2) is 6.20 Å². The van der Waals surface area contributed by atoms with Crippen molar-refractivity contribution in [1.82, 2.24) is 14.1 Å². The fraction of sp³-hybridized carbons (Fsp3) is 0.615. The first-order valence-electron chi connectivity index (χ1n) is 6.92. The molecule has 22 heavy (non-hydrogen) atoms. The van der Waals surface area contributed by atoms with Crippen LogP contribution in [0, 0.1) is 28.5 Å². The van der Waals surface area contributed by atoms with Crippen LogP contribution in [0.3, 0.4) is 0 Å². The summed E-state index contributed by atoms with van der Waals surface area (Å²) in [4.78, 5) is 40.1. The van der Waals surface area contributed by atoms with Crippen molar-refractivity contribution in [2.75, 3.05) is 32.4 Å². The maximum Gasteiger partial charge on any atom is 0.209 e. The molecule has 0 bridgehead atoms. The van der Waals surface area contributed by atoms with Crippen molar-refractivity contribution in [3.05, 3.63) is 29.3 Å². The van der Waals surface area contributed by atoms with Gasteiger partial charge in [0.15, 0.2) is 0 Å². The maximum absolute atomic E-state index is 12.0. The molecule has 0 aromatic carbocycles. The van der Waals surface area contributed by atoms with Gasteiger partial charge in [-0.2, -0.15) is 6.20 Å². The van der Waals surface area contributed by atoms with E-state index in [0.29, 0.717) is 39.0 Å². The molecule has 0 aliphatic carbocycles. The van der Waals surface area contributed by atoms with Gasteiger partial charge >= 0.3 is 0 Å². The quantitative estimate of drug-likeness (QED) is 0.394. The van der Waals surface area contributed by atoms with E-state index >= 15 is 0 Å². The third kappa shape index (κ3) is 5.97. The van der Waals surface area contributed by atoms with E-state index < -0.39 is 6.39 Å². The van der Waals surface area contributed by atoms with Gasteiger partial charge in [-0.25, -0.2) is 0 Å². The molecule has 2 rings (SSSR count). The van der Waals surface area contributed by atoms with Gasteiger partial charge in [-0.1, -0.05) is 31.0 Å². The molecule has 2 aliphatic rings. The third-order valence-electron chi connectivity index (χ3n) is 3.63. The smallest absolute Gasteiger partial charge is 0.209 e. The van der Waals surface area contributed by atoms with Crippen LogP contribution in [0.4, 0.5) is 0 Å². The zero-order chi connectivity index (χ0) is 16.8. The first kappa shape index (κ1) is 19.6. The monoisotopic (exact) mass is 404 g/mol. The second kappa shape index (κ2) is 10.3. The molecule has 121 valence electrons. The van der Waals surface area contributed by atoms with Gasteiger partial charge < -0.3 is 25.8 Å². The molecule has 9 heteroatoms. The van der Waals surface area contributed by atoms with Crippen molar-refractivity contribution in [3.8, 4) is 0 Å². The van der Waals surface area contributed by atoms with E-state index in [4.69, 9.17) is 11.3 Å². The minimum Gasteiger partial charge on any atom is -0.481 e. The molecule has 0 N–H and O–H groups in total. The summed E-state index contributed by atoms with van der Waals surface area (Å²) in [6.07, 6.45) is 7.44. The number of hydrogen-bond acceptors (Lipinski definition) is 6. The summed E-state index contributed by atoms with van der Waals surface area (Å²) in [5.41, 5.74) is -0.260. The zero-order valence-corrected chi connectivity index (χ0v) is 16.1. The Kier molecular flexibility index (Phi) is 9.20. The van der Waals surface area contributed by atoms with Gasteiger partial charge in [-0.05, 0) is 6.54 Å². The molecule has 0 atom stereocenters. The van der Waals surface area contributed by atoms with E-state index in [2.05, 4.69) is 13.1 Å². The van der Waals surface area contributed by atoms with Crippen LogP contribution >= 0.6 is 11.9 Å².